The van der Waals surface area contributed by atoms with Crippen molar-refractivity contribution in [3.05, 3.63) is 24.0 Å². The molecule has 0 aromatic rings. The first-order valence-corrected chi connectivity index (χ1v) is 22.7. The number of piperidine rings is 2. The van der Waals surface area contributed by atoms with Gasteiger partial charge in [0.1, 0.15) is 42.1 Å². The van der Waals surface area contributed by atoms with E-state index in [1.54, 1.807) is 0 Å². The first-order chi connectivity index (χ1) is 27.4. The van der Waals surface area contributed by atoms with Crippen molar-refractivity contribution in [3.63, 3.8) is 0 Å². The molecule has 13 nitrogen and oxygen atoms in total. The van der Waals surface area contributed by atoms with E-state index in [2.05, 4.69) is 27.9 Å². The van der Waals surface area contributed by atoms with Crippen LogP contribution in [0.5, 0.6) is 0 Å². The Kier molecular flexibility index (Phi) is 10.2. The number of fused-ring (bicyclic) bond motifs is 8. The number of nitrogens with two attached hydrogens (primary N) is 3. The smallest absolute Gasteiger partial charge is 0.341 e. The van der Waals surface area contributed by atoms with Gasteiger partial charge in [-0.2, -0.15) is 0 Å². The van der Waals surface area contributed by atoms with Crippen molar-refractivity contribution in [3.8, 4) is 0 Å². The molecule has 8 fully saturated rings. The molecule has 57 heavy (non-hydrogen) atoms. The number of rotatable bonds is 5. The second-order valence-corrected chi connectivity index (χ2v) is 20.6. The predicted molar refractivity (Wildman–Crippen MR) is 210 cm³/mol. The molecule has 10 rings (SSSR count). The summed E-state index contributed by atoms with van der Waals surface area (Å²) in [5.74, 6) is 0.826. The normalized spacial score (nSPS) is 51.3. The van der Waals surface area contributed by atoms with Gasteiger partial charge in [0, 0.05) is 49.1 Å². The Bertz CT molecular complexity index is 1690. The summed E-state index contributed by atoms with van der Waals surface area (Å²) in [5, 5.41) is 18.2. The molecule has 6 saturated heterocycles. The lowest BCUT2D eigenvalue weighted by Crippen LogP contribution is -3.08. The van der Waals surface area contributed by atoms with Crippen LogP contribution in [-0.2, 0) is 28.5 Å². The van der Waals surface area contributed by atoms with Crippen LogP contribution in [0.2, 0.25) is 0 Å². The maximum Gasteiger partial charge on any atom is 0.341 e. The minimum absolute atomic E-state index is 0.00562. The summed E-state index contributed by atoms with van der Waals surface area (Å²) in [6, 6.07) is 0.799. The zero-order valence-electron chi connectivity index (χ0n) is 34.2. The number of aliphatic imine (C=N–C) groups is 1. The fourth-order valence-electron chi connectivity index (χ4n) is 14.2. The maximum atomic E-state index is 14.4. The van der Waals surface area contributed by atoms with E-state index in [0.717, 1.165) is 64.5 Å². The van der Waals surface area contributed by atoms with Gasteiger partial charge in [-0.25, -0.2) is 4.79 Å². The molecule has 8 aliphatic heterocycles. The molecule has 0 aromatic heterocycles. The van der Waals surface area contributed by atoms with Gasteiger partial charge in [0.05, 0.1) is 66.8 Å². The maximum absolute atomic E-state index is 14.4. The summed E-state index contributed by atoms with van der Waals surface area (Å²) in [6.45, 7) is 7.90. The van der Waals surface area contributed by atoms with Gasteiger partial charge in [-0.3, -0.25) is 20.8 Å². The molecule has 0 radical (unpaired) electrons. The third-order valence-corrected chi connectivity index (χ3v) is 16.7. The van der Waals surface area contributed by atoms with E-state index in [4.69, 9.17) is 30.4 Å². The van der Waals surface area contributed by atoms with E-state index in [1.165, 1.54) is 29.0 Å². The molecule has 15 unspecified atom stereocenters. The van der Waals surface area contributed by atoms with Gasteiger partial charge in [0.25, 0.3) is 0 Å². The number of carbonyl (C=O) groups is 2. The van der Waals surface area contributed by atoms with Crippen LogP contribution in [0.4, 0.5) is 0 Å². The number of quaternary nitrogens is 2. The van der Waals surface area contributed by atoms with Crippen LogP contribution < -0.4 is 27.0 Å². The Balaban J connectivity index is 0.807. The van der Waals surface area contributed by atoms with E-state index in [1.807, 2.05) is 27.0 Å². The molecule has 314 valence electrons. The highest BCUT2D eigenvalue weighted by Crippen LogP contribution is 2.54. The highest BCUT2D eigenvalue weighted by Gasteiger charge is 2.66. The molecule has 10 aliphatic rings. The second kappa shape index (κ2) is 14.8. The summed E-state index contributed by atoms with van der Waals surface area (Å²) >= 11 is 0. The highest BCUT2D eigenvalue weighted by molar-refractivity contribution is 6.06. The van der Waals surface area contributed by atoms with Gasteiger partial charge in [0.2, 0.25) is 0 Å². The number of carbonyl (C=O) groups excluding carboxylic acids is 2. The number of nitrogens with one attached hydrogen (secondary N) is 2. The SMILES string of the molecule is CC1CC(=O)C2C(CC3OC(C)(C)[C@@H]4OC(=O)[C@]5(CCCC[C@@H]4C3C2O)O[C@@H]5CCC2CC(N)[NH2+]C3C2CCCC2C(N)NC(C[NH+]4C=C5C=CN=C5C4)CC23)O1. The van der Waals surface area contributed by atoms with E-state index in [-0.39, 0.29) is 60.3 Å². The summed E-state index contributed by atoms with van der Waals surface area (Å²) in [7, 11) is 0. The first kappa shape index (κ1) is 39.1. The lowest BCUT2D eigenvalue weighted by Gasteiger charge is -2.57. The molecule has 0 amide bonds. The third kappa shape index (κ3) is 6.92. The number of Topliss-reactive ketones (excluding diaryl/α,β-unsaturated/α-hetero) is 1. The molecule has 9 N–H and O–H groups in total. The molecular formula is C44H68N6O7+2. The van der Waals surface area contributed by atoms with Crippen molar-refractivity contribution in [1.29, 1.82) is 0 Å². The molecule has 13 heteroatoms. The highest BCUT2D eigenvalue weighted by atomic mass is 16.7. The number of epoxide rings is 1. The topological polar surface area (TPSA) is 192 Å². The minimum Gasteiger partial charge on any atom is -0.457 e. The van der Waals surface area contributed by atoms with Crippen molar-refractivity contribution in [2.45, 2.75) is 176 Å². The van der Waals surface area contributed by atoms with Crippen LogP contribution in [-0.4, -0.2) is 108 Å². The van der Waals surface area contributed by atoms with Crippen molar-refractivity contribution in [2.75, 3.05) is 13.1 Å². The second-order valence-electron chi connectivity index (χ2n) is 20.6. The largest absolute Gasteiger partial charge is 0.457 e. The van der Waals surface area contributed by atoms with Gasteiger partial charge in [-0.05, 0) is 90.0 Å². The van der Waals surface area contributed by atoms with Gasteiger partial charge < -0.3 is 40.0 Å². The van der Waals surface area contributed by atoms with Gasteiger partial charge in [-0.1, -0.05) is 12.8 Å². The number of nitrogens with zero attached hydrogens (tertiary/aromatic N) is 1. The average Bonchev–Trinajstić information content (AvgIpc) is 3.53. The lowest BCUT2D eigenvalue weighted by molar-refractivity contribution is -0.835. The molecular weight excluding hydrogens is 725 g/mol. The van der Waals surface area contributed by atoms with Crippen molar-refractivity contribution in [2.24, 2.45) is 57.9 Å². The summed E-state index contributed by atoms with van der Waals surface area (Å²) < 4.78 is 26.0. The number of ether oxygens (including phenoxy) is 4. The monoisotopic (exact) mass is 793 g/mol. The third-order valence-electron chi connectivity index (χ3n) is 16.7. The number of aliphatic hydroxyl groups is 1. The fourth-order valence-corrected chi connectivity index (χ4v) is 14.2. The average molecular weight is 793 g/mol. The van der Waals surface area contributed by atoms with Crippen LogP contribution in [0.3, 0.4) is 0 Å². The van der Waals surface area contributed by atoms with Crippen LogP contribution in [0.15, 0.2) is 29.0 Å². The van der Waals surface area contributed by atoms with E-state index in [9.17, 15) is 14.7 Å². The van der Waals surface area contributed by atoms with E-state index < -0.39 is 29.3 Å². The van der Waals surface area contributed by atoms with Gasteiger partial charge in [-0.15, -0.1) is 0 Å². The van der Waals surface area contributed by atoms with Crippen LogP contribution in [0.25, 0.3) is 0 Å². The molecule has 19 atom stereocenters. The van der Waals surface area contributed by atoms with Crippen molar-refractivity contribution < 1.29 is 43.9 Å². The number of aliphatic hydroxyl groups excluding tert-OH is 1. The van der Waals surface area contributed by atoms with Crippen LogP contribution >= 0.6 is 0 Å². The summed E-state index contributed by atoms with van der Waals surface area (Å²) in [5.41, 5.74) is 14.6. The Morgan fingerprint density at radius 3 is 2.67 bits per heavy atom. The Hall–Kier alpha value is -2.07. The van der Waals surface area contributed by atoms with Crippen molar-refractivity contribution in [1.82, 2.24) is 5.32 Å². The molecule has 1 spiro atoms. The quantitative estimate of drug-likeness (QED) is 0.170. The predicted octanol–water partition coefficient (Wildman–Crippen LogP) is 0.594. The molecule has 8 heterocycles. The zero-order valence-corrected chi connectivity index (χ0v) is 34.2. The number of hydrogen-bond donors (Lipinski definition) is 6. The summed E-state index contributed by atoms with van der Waals surface area (Å²) in [4.78, 5) is 33.6. The molecule has 0 bridgehead atoms. The number of esters is 1. The first-order valence-electron chi connectivity index (χ1n) is 22.7. The summed E-state index contributed by atoms with van der Waals surface area (Å²) in [6.07, 6.45) is 15.6. The van der Waals surface area contributed by atoms with Gasteiger partial charge >= 0.3 is 5.97 Å². The standard InChI is InChI=1S/C44H66N6O7/c1-22-15-31(51)37-32(54-22)18-33-36(39(37)52)28-7-4-5-13-44(42(53)55-40(28)43(2,3)56-33)34(57-44)11-10-23-16-35(45)49-38-26(23)8-6-9-27-29(38)17-25(48-41(27)46)20-50-19-24-12-14-47-30(24)21-50/h12,14,19,22-23,25-29,32-41,48-49,52H,4-11,13,15-18,20-21,45-46H2,1-3H3/p+2/t22?,23?,25?,26?,27?,28-,29?,32?,33?,34-,35?,36?,37?,38?,39?,40-,41?,44-/m1/s1. The van der Waals surface area contributed by atoms with E-state index in [0.29, 0.717) is 55.0 Å². The van der Waals surface area contributed by atoms with Crippen molar-refractivity contribution >= 4 is 17.5 Å². The van der Waals surface area contributed by atoms with Gasteiger partial charge in [0.15, 0.2) is 5.60 Å². The number of ketones is 1. The molecule has 2 saturated carbocycles. The Morgan fingerprint density at radius 2 is 1.82 bits per heavy atom. The minimum atomic E-state index is -0.930. The number of allylic oxidation sites excluding steroid dienone is 1. The van der Waals surface area contributed by atoms with Crippen LogP contribution in [0.1, 0.15) is 104 Å². The number of hydrogen-bond acceptors (Lipinski definition) is 11. The molecule has 0 aromatic carbocycles. The van der Waals surface area contributed by atoms with E-state index >= 15 is 0 Å². The van der Waals surface area contributed by atoms with Crippen LogP contribution in [0, 0.1) is 41.4 Å². The fraction of sp³-hybridized carbons (Fsp3) is 0.841. The zero-order chi connectivity index (χ0) is 39.4. The lowest BCUT2D eigenvalue weighted by atomic mass is 9.62. The Morgan fingerprint density at radius 1 is 1.00 bits per heavy atom. The molecule has 2 aliphatic carbocycles. The Labute approximate surface area is 337 Å².